The maximum atomic E-state index is 12.1. The van der Waals surface area contributed by atoms with E-state index in [0.717, 1.165) is 9.48 Å². The summed E-state index contributed by atoms with van der Waals surface area (Å²) in [5, 5.41) is 12.8. The van der Waals surface area contributed by atoms with Gasteiger partial charge in [-0.05, 0) is 37.1 Å². The molecule has 1 N–H and O–H groups in total. The van der Waals surface area contributed by atoms with Gasteiger partial charge in [0.05, 0.1) is 0 Å². The normalized spacial score (nSPS) is 15.9. The molecule has 0 saturated heterocycles. The van der Waals surface area contributed by atoms with Crippen molar-refractivity contribution in [2.75, 3.05) is 5.32 Å². The molecule has 2 aromatic rings. The Balaban J connectivity index is 1.66. The molecule has 0 radical (unpaired) electrons. The molecule has 0 bridgehead atoms. The zero-order valence-corrected chi connectivity index (χ0v) is 13.9. The molecule has 110 valence electrons. The van der Waals surface area contributed by atoms with Crippen molar-refractivity contribution in [1.29, 1.82) is 0 Å². The fraction of sp³-hybridized carbons (Fsp3) is 0.400. The number of amides is 1. The largest absolute Gasteiger partial charge is 0.296 e. The maximum Gasteiger partial charge on any atom is 0.257 e. The van der Waals surface area contributed by atoms with Gasteiger partial charge in [0, 0.05) is 16.0 Å². The average Bonchev–Trinajstić information content (AvgIpc) is 2.97. The fourth-order valence-electron chi connectivity index (χ4n) is 2.57. The smallest absolute Gasteiger partial charge is 0.257 e. The topological polar surface area (TPSA) is 54.9 Å². The predicted octanol–water partition coefficient (Wildman–Crippen LogP) is 4.60. The minimum atomic E-state index is -0.145. The van der Waals surface area contributed by atoms with Gasteiger partial charge in [-0.25, -0.2) is 0 Å². The molecule has 0 unspecified atom stereocenters. The van der Waals surface area contributed by atoms with Gasteiger partial charge in [0.15, 0.2) is 0 Å². The SMILES string of the molecule is O=C(Nc1nnc(C2CCCCC2)s1)c1ccc(Br)cc1. The van der Waals surface area contributed by atoms with Gasteiger partial charge in [0.1, 0.15) is 5.01 Å². The molecule has 1 fully saturated rings. The Morgan fingerprint density at radius 1 is 1.14 bits per heavy atom. The number of benzene rings is 1. The van der Waals surface area contributed by atoms with E-state index in [-0.39, 0.29) is 5.91 Å². The first kappa shape index (κ1) is 14.7. The van der Waals surface area contributed by atoms with Crippen LogP contribution < -0.4 is 5.32 Å². The minimum absolute atomic E-state index is 0.145. The van der Waals surface area contributed by atoms with E-state index in [2.05, 4.69) is 31.4 Å². The summed E-state index contributed by atoms with van der Waals surface area (Å²) in [5.74, 6) is 0.378. The number of carbonyl (C=O) groups is 1. The molecule has 3 rings (SSSR count). The summed E-state index contributed by atoms with van der Waals surface area (Å²) in [4.78, 5) is 12.1. The molecule has 1 heterocycles. The van der Waals surface area contributed by atoms with Crippen LogP contribution in [0.2, 0.25) is 0 Å². The van der Waals surface area contributed by atoms with Crippen LogP contribution in [0.4, 0.5) is 5.13 Å². The number of rotatable bonds is 3. The number of hydrogen-bond acceptors (Lipinski definition) is 4. The lowest BCUT2D eigenvalue weighted by molar-refractivity contribution is 0.102. The summed E-state index contributed by atoms with van der Waals surface area (Å²) in [6.07, 6.45) is 6.24. The Hall–Kier alpha value is -1.27. The van der Waals surface area contributed by atoms with Crippen LogP contribution in [-0.2, 0) is 0 Å². The molecule has 0 aliphatic heterocycles. The highest BCUT2D eigenvalue weighted by atomic mass is 79.9. The first-order valence-corrected chi connectivity index (χ1v) is 8.73. The summed E-state index contributed by atoms with van der Waals surface area (Å²) < 4.78 is 0.953. The Morgan fingerprint density at radius 2 is 1.86 bits per heavy atom. The Bertz CT molecular complexity index is 620. The third kappa shape index (κ3) is 3.68. The van der Waals surface area contributed by atoms with Crippen LogP contribution in [-0.4, -0.2) is 16.1 Å². The average molecular weight is 366 g/mol. The van der Waals surface area contributed by atoms with E-state index in [9.17, 15) is 4.79 Å². The van der Waals surface area contributed by atoms with Gasteiger partial charge in [-0.15, -0.1) is 10.2 Å². The number of hydrogen-bond donors (Lipinski definition) is 1. The van der Waals surface area contributed by atoms with Crippen molar-refractivity contribution in [2.45, 2.75) is 38.0 Å². The molecule has 1 amide bonds. The predicted molar refractivity (Wildman–Crippen MR) is 87.8 cm³/mol. The molecule has 1 aliphatic rings. The van der Waals surface area contributed by atoms with Crippen LogP contribution >= 0.6 is 27.3 Å². The van der Waals surface area contributed by atoms with Gasteiger partial charge < -0.3 is 0 Å². The number of anilines is 1. The quantitative estimate of drug-likeness (QED) is 0.864. The highest BCUT2D eigenvalue weighted by Gasteiger charge is 2.20. The Kier molecular flexibility index (Phi) is 4.65. The van der Waals surface area contributed by atoms with Gasteiger partial charge in [-0.3, -0.25) is 10.1 Å². The zero-order chi connectivity index (χ0) is 14.7. The molecule has 1 aromatic carbocycles. The van der Waals surface area contributed by atoms with Gasteiger partial charge in [-0.2, -0.15) is 0 Å². The summed E-state index contributed by atoms with van der Waals surface area (Å²) in [6, 6.07) is 7.26. The number of aromatic nitrogens is 2. The summed E-state index contributed by atoms with van der Waals surface area (Å²) in [6.45, 7) is 0. The molecule has 0 spiro atoms. The monoisotopic (exact) mass is 365 g/mol. The minimum Gasteiger partial charge on any atom is -0.296 e. The summed E-state index contributed by atoms with van der Waals surface area (Å²) in [5.41, 5.74) is 0.618. The van der Waals surface area contributed by atoms with E-state index in [0.29, 0.717) is 16.6 Å². The Morgan fingerprint density at radius 3 is 2.57 bits per heavy atom. The first-order valence-electron chi connectivity index (χ1n) is 7.13. The highest BCUT2D eigenvalue weighted by Crippen LogP contribution is 2.35. The molecule has 1 aromatic heterocycles. The molecule has 1 aliphatic carbocycles. The van der Waals surface area contributed by atoms with Crippen molar-refractivity contribution in [3.05, 3.63) is 39.3 Å². The molecule has 0 atom stereocenters. The van der Waals surface area contributed by atoms with E-state index in [1.807, 2.05) is 12.1 Å². The number of nitrogens with one attached hydrogen (secondary N) is 1. The van der Waals surface area contributed by atoms with E-state index < -0.39 is 0 Å². The maximum absolute atomic E-state index is 12.1. The van der Waals surface area contributed by atoms with Crippen LogP contribution in [0.25, 0.3) is 0 Å². The van der Waals surface area contributed by atoms with Gasteiger partial charge in [0.2, 0.25) is 5.13 Å². The fourth-order valence-corrected chi connectivity index (χ4v) is 3.74. The summed E-state index contributed by atoms with van der Waals surface area (Å²) >= 11 is 4.86. The van der Waals surface area contributed by atoms with Crippen molar-refractivity contribution >= 4 is 38.3 Å². The standard InChI is InChI=1S/C15H16BrN3OS/c16-12-8-6-10(7-9-12)13(20)17-15-19-18-14(21-15)11-4-2-1-3-5-11/h6-9,11H,1-5H2,(H,17,19,20). The third-order valence-electron chi connectivity index (χ3n) is 3.72. The van der Waals surface area contributed by atoms with Crippen molar-refractivity contribution in [3.8, 4) is 0 Å². The van der Waals surface area contributed by atoms with Crippen molar-refractivity contribution in [3.63, 3.8) is 0 Å². The van der Waals surface area contributed by atoms with Gasteiger partial charge >= 0.3 is 0 Å². The first-order chi connectivity index (χ1) is 10.2. The molecular weight excluding hydrogens is 350 g/mol. The number of halogens is 1. The summed E-state index contributed by atoms with van der Waals surface area (Å²) in [7, 11) is 0. The van der Waals surface area contributed by atoms with Crippen LogP contribution in [0, 0.1) is 0 Å². The molecule has 21 heavy (non-hydrogen) atoms. The molecule has 6 heteroatoms. The van der Waals surface area contributed by atoms with Crippen molar-refractivity contribution < 1.29 is 4.79 Å². The van der Waals surface area contributed by atoms with Crippen molar-refractivity contribution in [2.24, 2.45) is 0 Å². The lowest BCUT2D eigenvalue weighted by atomic mass is 9.90. The molecular formula is C15H16BrN3OS. The lowest BCUT2D eigenvalue weighted by Gasteiger charge is -2.18. The van der Waals surface area contributed by atoms with Crippen molar-refractivity contribution in [1.82, 2.24) is 10.2 Å². The van der Waals surface area contributed by atoms with Crippen LogP contribution in [0.1, 0.15) is 53.4 Å². The lowest BCUT2D eigenvalue weighted by Crippen LogP contribution is -2.11. The second kappa shape index (κ2) is 6.66. The Labute approximate surface area is 136 Å². The number of carbonyl (C=O) groups excluding carboxylic acids is 1. The van der Waals surface area contributed by atoms with Crippen LogP contribution in [0.5, 0.6) is 0 Å². The van der Waals surface area contributed by atoms with E-state index >= 15 is 0 Å². The molecule has 4 nitrogen and oxygen atoms in total. The number of nitrogens with zero attached hydrogens (tertiary/aromatic N) is 2. The second-order valence-electron chi connectivity index (χ2n) is 5.24. The molecule has 1 saturated carbocycles. The third-order valence-corrected chi connectivity index (χ3v) is 5.25. The van der Waals surface area contributed by atoms with Gasteiger partial charge in [-0.1, -0.05) is 46.5 Å². The van der Waals surface area contributed by atoms with E-state index in [1.165, 1.54) is 43.4 Å². The van der Waals surface area contributed by atoms with Crippen LogP contribution in [0.15, 0.2) is 28.7 Å². The zero-order valence-electron chi connectivity index (χ0n) is 11.5. The van der Waals surface area contributed by atoms with E-state index in [1.54, 1.807) is 12.1 Å². The van der Waals surface area contributed by atoms with Gasteiger partial charge in [0.25, 0.3) is 5.91 Å². The van der Waals surface area contributed by atoms with Crippen LogP contribution in [0.3, 0.4) is 0 Å². The second-order valence-corrected chi connectivity index (χ2v) is 7.17. The van der Waals surface area contributed by atoms with E-state index in [4.69, 9.17) is 0 Å². The highest BCUT2D eigenvalue weighted by molar-refractivity contribution is 9.10.